The normalized spacial score (nSPS) is 29.9. The molecule has 0 fully saturated rings. The Bertz CT molecular complexity index is 432. The molecule has 0 nitrogen and oxygen atoms in total. The molecule has 106 valence electrons. The molecule has 19 heavy (non-hydrogen) atoms. The summed E-state index contributed by atoms with van der Waals surface area (Å²) in [4.78, 5) is 0. The van der Waals surface area contributed by atoms with Crippen LogP contribution in [-0.2, 0) is 0 Å². The van der Waals surface area contributed by atoms with Gasteiger partial charge in [-0.25, -0.2) is 0 Å². The Morgan fingerprint density at radius 3 is 1.26 bits per heavy atom. The first-order valence-corrected chi connectivity index (χ1v) is 7.56. The van der Waals surface area contributed by atoms with Crippen LogP contribution in [0.2, 0.25) is 0 Å². The molecule has 0 aromatic carbocycles. The Hall–Kier alpha value is -0.780. The van der Waals surface area contributed by atoms with E-state index >= 15 is 0 Å². The lowest BCUT2D eigenvalue weighted by molar-refractivity contribution is -0.0785. The monoisotopic (exact) mass is 258 g/mol. The van der Waals surface area contributed by atoms with E-state index in [2.05, 4.69) is 79.7 Å². The van der Waals surface area contributed by atoms with E-state index in [4.69, 9.17) is 0 Å². The van der Waals surface area contributed by atoms with Crippen molar-refractivity contribution >= 4 is 0 Å². The molecule has 0 spiro atoms. The van der Waals surface area contributed by atoms with Crippen LogP contribution in [0.25, 0.3) is 0 Å². The summed E-state index contributed by atoms with van der Waals surface area (Å²) in [6.45, 7) is 19.5. The predicted octanol–water partition coefficient (Wildman–Crippen LogP) is 5.92. The summed E-state index contributed by atoms with van der Waals surface area (Å²) in [5.41, 5.74) is 3.93. The first kappa shape index (κ1) is 14.6. The Morgan fingerprint density at radius 1 is 0.632 bits per heavy atom. The van der Waals surface area contributed by atoms with Crippen LogP contribution in [0.5, 0.6) is 0 Å². The topological polar surface area (TPSA) is 0 Å². The molecule has 0 saturated heterocycles. The van der Waals surface area contributed by atoms with Crippen molar-refractivity contribution in [1.29, 1.82) is 0 Å². The average molecular weight is 258 g/mol. The van der Waals surface area contributed by atoms with Crippen molar-refractivity contribution in [2.24, 2.45) is 21.7 Å². The summed E-state index contributed by atoms with van der Waals surface area (Å²) in [7, 11) is 0. The van der Waals surface area contributed by atoms with Gasteiger partial charge < -0.3 is 0 Å². The molecule has 0 saturated carbocycles. The van der Waals surface area contributed by atoms with Crippen LogP contribution in [0.4, 0.5) is 0 Å². The fourth-order valence-electron chi connectivity index (χ4n) is 3.96. The van der Waals surface area contributed by atoms with Gasteiger partial charge in [-0.1, -0.05) is 79.7 Å². The van der Waals surface area contributed by atoms with E-state index in [0.29, 0.717) is 0 Å². The highest BCUT2D eigenvalue weighted by molar-refractivity contribution is 5.48. The fourth-order valence-corrected chi connectivity index (χ4v) is 3.96. The Morgan fingerprint density at radius 2 is 0.947 bits per heavy atom. The number of hydrogen-bond acceptors (Lipinski definition) is 0. The second-order valence-corrected chi connectivity index (χ2v) is 8.37. The molecule has 0 radical (unpaired) electrons. The SMILES string of the molecule is CC1(C)C2=C(C=CCC=C2)C(C)(C)C(C)(C)C1(C)C. The minimum atomic E-state index is 0.187. The van der Waals surface area contributed by atoms with Gasteiger partial charge >= 0.3 is 0 Å². The van der Waals surface area contributed by atoms with Gasteiger partial charge in [0.05, 0.1) is 0 Å². The third kappa shape index (κ3) is 1.58. The quantitative estimate of drug-likeness (QED) is 0.506. The van der Waals surface area contributed by atoms with Crippen LogP contribution in [0.1, 0.15) is 61.8 Å². The molecule has 0 heteroatoms. The molecule has 2 aliphatic rings. The van der Waals surface area contributed by atoms with E-state index in [-0.39, 0.29) is 21.7 Å². The molecule has 0 atom stereocenters. The number of rotatable bonds is 0. The molecule has 2 aliphatic carbocycles. The summed E-state index contributed by atoms with van der Waals surface area (Å²) < 4.78 is 0. The Kier molecular flexibility index (Phi) is 2.98. The largest absolute Gasteiger partial charge is 0.0804 e. The summed E-state index contributed by atoms with van der Waals surface area (Å²) in [6, 6.07) is 0. The van der Waals surface area contributed by atoms with Crippen LogP contribution < -0.4 is 0 Å². The van der Waals surface area contributed by atoms with Crippen molar-refractivity contribution < 1.29 is 0 Å². The van der Waals surface area contributed by atoms with Crippen molar-refractivity contribution in [3.8, 4) is 0 Å². The molecular formula is C19H30. The van der Waals surface area contributed by atoms with Gasteiger partial charge in [-0.3, -0.25) is 0 Å². The lowest BCUT2D eigenvalue weighted by Crippen LogP contribution is -2.56. The Balaban J connectivity index is 2.84. The second kappa shape index (κ2) is 3.87. The molecule has 0 heterocycles. The molecule has 0 unspecified atom stereocenters. The lowest BCUT2D eigenvalue weighted by atomic mass is 9.40. The molecule has 0 aliphatic heterocycles. The third-order valence-electron chi connectivity index (χ3n) is 7.17. The highest BCUT2D eigenvalue weighted by atomic mass is 14.6. The molecule has 0 aromatic rings. The molecule has 0 aromatic heterocycles. The first-order chi connectivity index (χ1) is 8.48. The van der Waals surface area contributed by atoms with Crippen molar-refractivity contribution in [3.63, 3.8) is 0 Å². The van der Waals surface area contributed by atoms with Gasteiger partial charge in [0.15, 0.2) is 0 Å². The van der Waals surface area contributed by atoms with Crippen molar-refractivity contribution in [3.05, 3.63) is 35.5 Å². The standard InChI is InChI=1S/C19H30/c1-16(2)14-12-10-9-11-13-15(14)17(3,4)19(7,8)18(16,5)6/h10-13H,9H2,1-8H3. The molecule has 0 N–H and O–H groups in total. The van der Waals surface area contributed by atoms with Crippen molar-refractivity contribution in [1.82, 2.24) is 0 Å². The van der Waals surface area contributed by atoms with E-state index in [1.807, 2.05) is 0 Å². The third-order valence-corrected chi connectivity index (χ3v) is 7.17. The zero-order chi connectivity index (χ0) is 14.7. The molecule has 0 amide bonds. The smallest absolute Gasteiger partial charge is 0.00442 e. The fraction of sp³-hybridized carbons (Fsp3) is 0.684. The minimum Gasteiger partial charge on any atom is -0.0804 e. The van der Waals surface area contributed by atoms with Gasteiger partial charge in [-0.2, -0.15) is 0 Å². The van der Waals surface area contributed by atoms with Gasteiger partial charge in [0.25, 0.3) is 0 Å². The summed E-state index contributed by atoms with van der Waals surface area (Å²) in [5, 5.41) is 0. The van der Waals surface area contributed by atoms with Crippen LogP contribution in [0, 0.1) is 21.7 Å². The first-order valence-electron chi connectivity index (χ1n) is 7.56. The molecular weight excluding hydrogens is 228 g/mol. The summed E-state index contributed by atoms with van der Waals surface area (Å²) >= 11 is 0. The number of allylic oxidation sites excluding steroid dienone is 6. The van der Waals surface area contributed by atoms with Crippen LogP contribution in [-0.4, -0.2) is 0 Å². The van der Waals surface area contributed by atoms with Crippen LogP contribution in [0.3, 0.4) is 0 Å². The molecule has 2 rings (SSSR count). The van der Waals surface area contributed by atoms with Gasteiger partial charge in [0.1, 0.15) is 0 Å². The second-order valence-electron chi connectivity index (χ2n) is 8.37. The lowest BCUT2D eigenvalue weighted by Gasteiger charge is -2.64. The van der Waals surface area contributed by atoms with Gasteiger partial charge in [0, 0.05) is 0 Å². The van der Waals surface area contributed by atoms with Gasteiger partial charge in [-0.05, 0) is 39.2 Å². The van der Waals surface area contributed by atoms with Crippen LogP contribution >= 0.6 is 0 Å². The zero-order valence-corrected chi connectivity index (χ0v) is 14.0. The maximum absolute atomic E-state index is 2.45. The van der Waals surface area contributed by atoms with Gasteiger partial charge in [0.2, 0.25) is 0 Å². The number of hydrogen-bond donors (Lipinski definition) is 0. The highest BCUT2D eigenvalue weighted by Gasteiger charge is 2.60. The molecule has 0 bridgehead atoms. The van der Waals surface area contributed by atoms with Crippen LogP contribution in [0.15, 0.2) is 35.5 Å². The zero-order valence-electron chi connectivity index (χ0n) is 14.0. The Labute approximate surface area is 119 Å². The maximum Gasteiger partial charge on any atom is -0.00442 e. The summed E-state index contributed by atoms with van der Waals surface area (Å²) in [6.07, 6.45) is 10.4. The summed E-state index contributed by atoms with van der Waals surface area (Å²) in [5.74, 6) is 0. The predicted molar refractivity (Wildman–Crippen MR) is 85.0 cm³/mol. The average Bonchev–Trinajstić information content (AvgIpc) is 2.52. The van der Waals surface area contributed by atoms with E-state index in [1.165, 1.54) is 11.1 Å². The van der Waals surface area contributed by atoms with Gasteiger partial charge in [-0.15, -0.1) is 0 Å². The van der Waals surface area contributed by atoms with Crippen molar-refractivity contribution in [2.75, 3.05) is 0 Å². The maximum atomic E-state index is 2.45. The van der Waals surface area contributed by atoms with E-state index < -0.39 is 0 Å². The van der Waals surface area contributed by atoms with Crippen molar-refractivity contribution in [2.45, 2.75) is 61.8 Å². The van der Waals surface area contributed by atoms with E-state index in [9.17, 15) is 0 Å². The van der Waals surface area contributed by atoms with E-state index in [1.54, 1.807) is 0 Å². The highest BCUT2D eigenvalue weighted by Crippen LogP contribution is 2.68. The van der Waals surface area contributed by atoms with E-state index in [0.717, 1.165) is 6.42 Å². The minimum absolute atomic E-state index is 0.187.